The van der Waals surface area contributed by atoms with Gasteiger partial charge in [-0.25, -0.2) is 0 Å². The summed E-state index contributed by atoms with van der Waals surface area (Å²) in [5.74, 6) is -2.60. The Labute approximate surface area is 176 Å². The predicted octanol–water partition coefficient (Wildman–Crippen LogP) is 4.37. The first-order valence-electron chi connectivity index (χ1n) is 9.68. The Hall–Kier alpha value is -3.55. The molecule has 0 saturated carbocycles. The van der Waals surface area contributed by atoms with Gasteiger partial charge in [0.1, 0.15) is 5.75 Å². The number of alkyl halides is 3. The molecule has 0 aliphatic carbocycles. The second-order valence-corrected chi connectivity index (χ2v) is 7.29. The number of rotatable bonds is 3. The number of hydrogen-bond acceptors (Lipinski definition) is 3. The van der Waals surface area contributed by atoms with Gasteiger partial charge in [-0.15, -0.1) is 0 Å². The van der Waals surface area contributed by atoms with Gasteiger partial charge in [-0.05, 0) is 35.4 Å². The van der Waals surface area contributed by atoms with Crippen LogP contribution in [0.3, 0.4) is 0 Å². The van der Waals surface area contributed by atoms with Gasteiger partial charge in [-0.3, -0.25) is 14.5 Å². The number of carbonyl (C=O) groups is 2. The maximum Gasteiger partial charge on any atom is 0.471 e. The normalized spacial score (nSPS) is 16.9. The van der Waals surface area contributed by atoms with E-state index >= 15 is 0 Å². The van der Waals surface area contributed by atoms with Crippen molar-refractivity contribution in [3.05, 3.63) is 72.3 Å². The van der Waals surface area contributed by atoms with Crippen LogP contribution in [0.15, 0.2) is 66.7 Å². The summed E-state index contributed by atoms with van der Waals surface area (Å²) in [6, 6.07) is 18.8. The highest BCUT2D eigenvalue weighted by Gasteiger charge is 2.46. The Kier molecular flexibility index (Phi) is 5.31. The molecule has 0 bridgehead atoms. The molecule has 4 rings (SSSR count). The molecule has 31 heavy (non-hydrogen) atoms. The Morgan fingerprint density at radius 2 is 1.71 bits per heavy atom. The number of para-hydroxylation sites is 2. The van der Waals surface area contributed by atoms with Crippen molar-refractivity contribution in [3.8, 4) is 5.75 Å². The molecule has 0 saturated heterocycles. The predicted molar refractivity (Wildman–Crippen MR) is 110 cm³/mol. The zero-order valence-corrected chi connectivity index (χ0v) is 16.5. The number of nitrogens with one attached hydrogen (secondary N) is 1. The van der Waals surface area contributed by atoms with Crippen LogP contribution >= 0.6 is 0 Å². The lowest BCUT2D eigenvalue weighted by Gasteiger charge is -2.34. The van der Waals surface area contributed by atoms with Crippen LogP contribution in [-0.4, -0.2) is 30.6 Å². The first kappa shape index (κ1) is 20.7. The number of halogens is 3. The minimum atomic E-state index is -5.07. The van der Waals surface area contributed by atoms with Gasteiger partial charge in [-0.2, -0.15) is 13.2 Å². The molecule has 1 aliphatic rings. The van der Waals surface area contributed by atoms with E-state index in [4.69, 9.17) is 4.74 Å². The van der Waals surface area contributed by atoms with E-state index in [1.807, 2.05) is 42.5 Å². The zero-order valence-electron chi connectivity index (χ0n) is 16.5. The van der Waals surface area contributed by atoms with E-state index in [9.17, 15) is 22.8 Å². The topological polar surface area (TPSA) is 58.6 Å². The molecule has 1 heterocycles. The summed E-state index contributed by atoms with van der Waals surface area (Å²) in [7, 11) is 0. The van der Waals surface area contributed by atoms with E-state index in [2.05, 4.69) is 5.32 Å². The van der Waals surface area contributed by atoms with Crippen LogP contribution in [0, 0.1) is 0 Å². The summed E-state index contributed by atoms with van der Waals surface area (Å²) in [5.41, 5.74) is 0.849. The minimum Gasteiger partial charge on any atom is -0.477 e. The van der Waals surface area contributed by atoms with Gasteiger partial charge < -0.3 is 10.1 Å². The van der Waals surface area contributed by atoms with Gasteiger partial charge in [0.05, 0.1) is 18.3 Å². The molecule has 0 fully saturated rings. The maximum absolute atomic E-state index is 13.1. The molecule has 0 radical (unpaired) electrons. The summed E-state index contributed by atoms with van der Waals surface area (Å²) in [4.78, 5) is 25.4. The SMILES string of the molecule is C[C@@H](NC(=O)C1CN(C(=O)C(F)(F)F)c2ccccc2O1)c1cccc2ccccc12. The van der Waals surface area contributed by atoms with Crippen molar-refractivity contribution in [2.24, 2.45) is 0 Å². The van der Waals surface area contributed by atoms with Crippen molar-refractivity contribution in [3.63, 3.8) is 0 Å². The van der Waals surface area contributed by atoms with Crippen molar-refractivity contribution in [2.75, 3.05) is 11.4 Å². The molecule has 1 unspecified atom stereocenters. The van der Waals surface area contributed by atoms with Crippen molar-refractivity contribution in [1.82, 2.24) is 5.32 Å². The molecule has 2 atom stereocenters. The van der Waals surface area contributed by atoms with Gasteiger partial charge in [0.25, 0.3) is 5.91 Å². The Balaban J connectivity index is 1.58. The van der Waals surface area contributed by atoms with Crippen LogP contribution in [0.4, 0.5) is 18.9 Å². The quantitative estimate of drug-likeness (QED) is 0.674. The van der Waals surface area contributed by atoms with E-state index in [1.165, 1.54) is 18.2 Å². The molecule has 160 valence electrons. The van der Waals surface area contributed by atoms with Crippen LogP contribution in [0.1, 0.15) is 18.5 Å². The molecular weight excluding hydrogens is 409 g/mol. The summed E-state index contributed by atoms with van der Waals surface area (Å²) >= 11 is 0. The highest BCUT2D eigenvalue weighted by molar-refractivity contribution is 6.00. The van der Waals surface area contributed by atoms with Crippen LogP contribution in [-0.2, 0) is 9.59 Å². The van der Waals surface area contributed by atoms with Crippen LogP contribution in [0.5, 0.6) is 5.75 Å². The van der Waals surface area contributed by atoms with Crippen LogP contribution < -0.4 is 15.0 Å². The number of amides is 2. The maximum atomic E-state index is 13.1. The second-order valence-electron chi connectivity index (χ2n) is 7.29. The van der Waals surface area contributed by atoms with Gasteiger partial charge in [0.2, 0.25) is 0 Å². The Morgan fingerprint density at radius 3 is 2.48 bits per heavy atom. The lowest BCUT2D eigenvalue weighted by molar-refractivity contribution is -0.171. The number of nitrogens with zero attached hydrogens (tertiary/aromatic N) is 1. The monoisotopic (exact) mass is 428 g/mol. The third kappa shape index (κ3) is 4.05. The Morgan fingerprint density at radius 1 is 1.03 bits per heavy atom. The smallest absolute Gasteiger partial charge is 0.471 e. The number of fused-ring (bicyclic) bond motifs is 2. The van der Waals surface area contributed by atoms with Crippen molar-refractivity contribution < 1.29 is 27.5 Å². The molecule has 0 aromatic heterocycles. The molecule has 5 nitrogen and oxygen atoms in total. The fourth-order valence-corrected chi connectivity index (χ4v) is 3.73. The number of hydrogen-bond donors (Lipinski definition) is 1. The lowest BCUT2D eigenvalue weighted by atomic mass is 9.99. The number of benzene rings is 3. The first-order chi connectivity index (χ1) is 14.8. The number of carbonyl (C=O) groups excluding carboxylic acids is 2. The average molecular weight is 428 g/mol. The van der Waals surface area contributed by atoms with Crippen LogP contribution in [0.2, 0.25) is 0 Å². The van der Waals surface area contributed by atoms with Gasteiger partial charge >= 0.3 is 12.1 Å². The van der Waals surface area contributed by atoms with Crippen molar-refractivity contribution in [1.29, 1.82) is 0 Å². The number of ether oxygens (including phenoxy) is 1. The highest BCUT2D eigenvalue weighted by Crippen LogP contribution is 2.36. The highest BCUT2D eigenvalue weighted by atomic mass is 19.4. The Bertz CT molecular complexity index is 1140. The molecule has 3 aromatic rings. The van der Waals surface area contributed by atoms with Crippen LogP contribution in [0.25, 0.3) is 10.8 Å². The fourth-order valence-electron chi connectivity index (χ4n) is 3.73. The summed E-state index contributed by atoms with van der Waals surface area (Å²) in [6.07, 6.45) is -6.35. The van der Waals surface area contributed by atoms with Crippen molar-refractivity contribution >= 4 is 28.3 Å². The molecule has 1 N–H and O–H groups in total. The summed E-state index contributed by atoms with van der Waals surface area (Å²) in [6.45, 7) is 1.25. The second kappa shape index (κ2) is 7.94. The molecule has 0 spiro atoms. The minimum absolute atomic E-state index is 0.0176. The average Bonchev–Trinajstić information content (AvgIpc) is 2.76. The molecule has 3 aromatic carbocycles. The van der Waals surface area contributed by atoms with Gasteiger partial charge in [0.15, 0.2) is 6.10 Å². The molecule has 8 heteroatoms. The van der Waals surface area contributed by atoms with Gasteiger partial charge in [0, 0.05) is 0 Å². The first-order valence-corrected chi connectivity index (χ1v) is 9.68. The molecular formula is C23H19F3N2O3. The van der Waals surface area contributed by atoms with Crippen molar-refractivity contribution in [2.45, 2.75) is 25.2 Å². The lowest BCUT2D eigenvalue weighted by Crippen LogP contribution is -2.53. The summed E-state index contributed by atoms with van der Waals surface area (Å²) in [5, 5.41) is 4.77. The molecule has 2 amide bonds. The third-order valence-corrected chi connectivity index (χ3v) is 5.20. The van der Waals surface area contributed by atoms with E-state index in [0.29, 0.717) is 4.90 Å². The third-order valence-electron chi connectivity index (χ3n) is 5.20. The largest absolute Gasteiger partial charge is 0.477 e. The summed E-state index contributed by atoms with van der Waals surface area (Å²) < 4.78 is 44.9. The van der Waals surface area contributed by atoms with E-state index in [1.54, 1.807) is 13.0 Å². The fraction of sp³-hybridized carbons (Fsp3) is 0.217. The standard InChI is InChI=1S/C23H19F3N2O3/c1-14(16-10-6-8-15-7-2-3-9-17(15)16)27-21(29)20-13-28(22(30)23(24,25)26)18-11-4-5-12-19(18)31-20/h2-12,14,20H,13H2,1H3,(H,27,29)/t14-,20?/m1/s1. The van der Waals surface area contributed by atoms with E-state index in [0.717, 1.165) is 16.3 Å². The van der Waals surface area contributed by atoms with Gasteiger partial charge in [-0.1, -0.05) is 54.6 Å². The van der Waals surface area contributed by atoms with E-state index < -0.39 is 36.7 Å². The van der Waals surface area contributed by atoms with E-state index in [-0.39, 0.29) is 11.4 Å². The number of anilines is 1. The zero-order chi connectivity index (χ0) is 22.2. The molecule has 1 aliphatic heterocycles.